The first-order chi connectivity index (χ1) is 6.65. The molecule has 0 spiro atoms. The number of hydrogen-bond acceptors (Lipinski definition) is 2. The second-order valence-electron chi connectivity index (χ2n) is 4.33. The van der Waals surface area contributed by atoms with Crippen LogP contribution in [-0.4, -0.2) is 10.6 Å². The minimum atomic E-state index is 0.0335. The molecule has 0 bridgehead atoms. The van der Waals surface area contributed by atoms with Crippen LogP contribution in [0, 0.1) is 0 Å². The summed E-state index contributed by atoms with van der Waals surface area (Å²) >= 11 is 0. The Labute approximate surface area is 84.7 Å². The minimum Gasteiger partial charge on any atom is -0.508 e. The molecule has 2 atom stereocenters. The van der Waals surface area contributed by atoms with Crippen LogP contribution in [0.15, 0.2) is 24.3 Å². The summed E-state index contributed by atoms with van der Waals surface area (Å²) in [4.78, 5) is 0. The summed E-state index contributed by atoms with van der Waals surface area (Å²) in [5.74, 6) is 0.829. The molecule has 0 aliphatic heterocycles. The van der Waals surface area contributed by atoms with Gasteiger partial charge in [0, 0.05) is 11.5 Å². The first-order valence-corrected chi connectivity index (χ1v) is 5.23. The first-order valence-electron chi connectivity index (χ1n) is 5.23. The second kappa shape index (κ2) is 3.28. The zero-order chi connectivity index (χ0) is 10.2. The number of phenols is 1. The Balaban J connectivity index is 2.09. The van der Waals surface area contributed by atoms with E-state index >= 15 is 0 Å². The Morgan fingerprint density at radius 2 is 2.07 bits per heavy atom. The van der Waals surface area contributed by atoms with Gasteiger partial charge in [-0.2, -0.15) is 0 Å². The molecular formula is C12H17NO. The van der Waals surface area contributed by atoms with Crippen molar-refractivity contribution in [2.75, 3.05) is 0 Å². The predicted octanol–water partition coefficient (Wildman–Crippen LogP) is 2.38. The lowest BCUT2D eigenvalue weighted by Gasteiger charge is -2.09. The monoisotopic (exact) mass is 191 g/mol. The highest BCUT2D eigenvalue weighted by molar-refractivity contribution is 5.36. The molecule has 2 nitrogen and oxygen atoms in total. The van der Waals surface area contributed by atoms with Crippen molar-refractivity contribution in [2.24, 2.45) is 5.73 Å². The number of nitrogens with two attached hydrogens (primary N) is 1. The number of rotatable bonds is 3. The van der Waals surface area contributed by atoms with Crippen molar-refractivity contribution < 1.29 is 5.11 Å². The summed E-state index contributed by atoms with van der Waals surface area (Å²) < 4.78 is 0. The predicted molar refractivity (Wildman–Crippen MR) is 57.3 cm³/mol. The summed E-state index contributed by atoms with van der Waals surface area (Å²) in [5, 5.41) is 9.16. The SMILES string of the molecule is CCCC1(N)CC1c1ccc(O)cc1. The van der Waals surface area contributed by atoms with Crippen molar-refractivity contribution >= 4 is 0 Å². The summed E-state index contributed by atoms with van der Waals surface area (Å²) in [6, 6.07) is 7.43. The largest absolute Gasteiger partial charge is 0.508 e. The molecule has 2 unspecified atom stereocenters. The van der Waals surface area contributed by atoms with E-state index in [1.165, 1.54) is 5.56 Å². The summed E-state index contributed by atoms with van der Waals surface area (Å²) in [5.41, 5.74) is 7.51. The standard InChI is InChI=1S/C12H17NO/c1-2-7-12(13)8-11(12)9-3-5-10(14)6-4-9/h3-6,11,14H,2,7-8,13H2,1H3. The van der Waals surface area contributed by atoms with Gasteiger partial charge in [-0.05, 0) is 30.5 Å². The van der Waals surface area contributed by atoms with Crippen LogP contribution in [0.5, 0.6) is 5.75 Å². The Morgan fingerprint density at radius 1 is 1.43 bits per heavy atom. The molecule has 0 amide bonds. The van der Waals surface area contributed by atoms with E-state index in [0.29, 0.717) is 11.7 Å². The molecular weight excluding hydrogens is 174 g/mol. The van der Waals surface area contributed by atoms with Gasteiger partial charge in [0.2, 0.25) is 0 Å². The molecule has 14 heavy (non-hydrogen) atoms. The van der Waals surface area contributed by atoms with Gasteiger partial charge < -0.3 is 10.8 Å². The van der Waals surface area contributed by atoms with E-state index < -0.39 is 0 Å². The van der Waals surface area contributed by atoms with Crippen LogP contribution in [0.1, 0.15) is 37.7 Å². The Bertz CT molecular complexity index is 320. The molecule has 1 fully saturated rings. The van der Waals surface area contributed by atoms with E-state index in [1.54, 1.807) is 12.1 Å². The van der Waals surface area contributed by atoms with Crippen LogP contribution in [0.25, 0.3) is 0 Å². The van der Waals surface area contributed by atoms with Gasteiger partial charge in [-0.25, -0.2) is 0 Å². The maximum absolute atomic E-state index is 9.16. The van der Waals surface area contributed by atoms with Crippen LogP contribution in [0.3, 0.4) is 0 Å². The van der Waals surface area contributed by atoms with Gasteiger partial charge in [0.25, 0.3) is 0 Å². The van der Waals surface area contributed by atoms with Crippen LogP contribution >= 0.6 is 0 Å². The van der Waals surface area contributed by atoms with Crippen molar-refractivity contribution in [3.05, 3.63) is 29.8 Å². The van der Waals surface area contributed by atoms with Gasteiger partial charge >= 0.3 is 0 Å². The van der Waals surface area contributed by atoms with E-state index in [9.17, 15) is 0 Å². The van der Waals surface area contributed by atoms with Gasteiger partial charge in [0.15, 0.2) is 0 Å². The smallest absolute Gasteiger partial charge is 0.115 e. The van der Waals surface area contributed by atoms with Crippen molar-refractivity contribution in [3.8, 4) is 5.75 Å². The highest BCUT2D eigenvalue weighted by atomic mass is 16.3. The summed E-state index contributed by atoms with van der Waals surface area (Å²) in [7, 11) is 0. The summed E-state index contributed by atoms with van der Waals surface area (Å²) in [6.07, 6.45) is 3.33. The van der Waals surface area contributed by atoms with Crippen molar-refractivity contribution in [2.45, 2.75) is 37.6 Å². The van der Waals surface area contributed by atoms with Crippen LogP contribution in [0.2, 0.25) is 0 Å². The molecule has 1 aromatic rings. The van der Waals surface area contributed by atoms with Crippen molar-refractivity contribution in [1.29, 1.82) is 0 Å². The van der Waals surface area contributed by atoms with Crippen LogP contribution < -0.4 is 5.73 Å². The van der Waals surface area contributed by atoms with E-state index in [4.69, 9.17) is 10.8 Å². The zero-order valence-electron chi connectivity index (χ0n) is 8.53. The maximum Gasteiger partial charge on any atom is 0.115 e. The average molecular weight is 191 g/mol. The molecule has 0 aromatic heterocycles. The number of phenolic OH excluding ortho intramolecular Hbond substituents is 1. The number of aromatic hydroxyl groups is 1. The number of hydrogen-bond donors (Lipinski definition) is 2. The van der Waals surface area contributed by atoms with Gasteiger partial charge in [0.05, 0.1) is 0 Å². The zero-order valence-corrected chi connectivity index (χ0v) is 8.53. The van der Waals surface area contributed by atoms with Crippen LogP contribution in [-0.2, 0) is 0 Å². The molecule has 1 saturated carbocycles. The lowest BCUT2D eigenvalue weighted by molar-refractivity contribution is 0.475. The van der Waals surface area contributed by atoms with Crippen LogP contribution in [0.4, 0.5) is 0 Å². The highest BCUT2D eigenvalue weighted by Crippen LogP contribution is 2.52. The topological polar surface area (TPSA) is 46.2 Å². The Hall–Kier alpha value is -1.02. The molecule has 2 rings (SSSR count). The second-order valence-corrected chi connectivity index (χ2v) is 4.33. The third-order valence-corrected chi connectivity index (χ3v) is 3.13. The average Bonchev–Trinajstić information content (AvgIpc) is 2.80. The molecule has 0 heterocycles. The Morgan fingerprint density at radius 3 is 2.64 bits per heavy atom. The first kappa shape index (κ1) is 9.53. The van der Waals surface area contributed by atoms with Crippen molar-refractivity contribution in [3.63, 3.8) is 0 Å². The third-order valence-electron chi connectivity index (χ3n) is 3.13. The lowest BCUT2D eigenvalue weighted by Crippen LogP contribution is -2.23. The molecule has 2 heteroatoms. The highest BCUT2D eigenvalue weighted by Gasteiger charge is 2.50. The van der Waals surface area contributed by atoms with E-state index in [-0.39, 0.29) is 5.54 Å². The molecule has 1 aromatic carbocycles. The van der Waals surface area contributed by atoms with E-state index in [1.807, 2.05) is 12.1 Å². The van der Waals surface area contributed by atoms with Crippen molar-refractivity contribution in [1.82, 2.24) is 0 Å². The quantitative estimate of drug-likeness (QED) is 0.770. The third kappa shape index (κ3) is 1.62. The molecule has 1 aliphatic carbocycles. The molecule has 1 aliphatic rings. The lowest BCUT2D eigenvalue weighted by atomic mass is 10.0. The molecule has 76 valence electrons. The van der Waals surface area contributed by atoms with E-state index in [2.05, 4.69) is 6.92 Å². The fraction of sp³-hybridized carbons (Fsp3) is 0.500. The normalized spacial score (nSPS) is 30.3. The minimum absolute atomic E-state index is 0.0335. The number of benzene rings is 1. The Kier molecular flexibility index (Phi) is 2.23. The molecule has 0 saturated heterocycles. The molecule has 3 N–H and O–H groups in total. The van der Waals surface area contributed by atoms with E-state index in [0.717, 1.165) is 19.3 Å². The summed E-state index contributed by atoms with van der Waals surface area (Å²) in [6.45, 7) is 2.17. The fourth-order valence-electron chi connectivity index (χ4n) is 2.22. The van der Waals surface area contributed by atoms with Gasteiger partial charge in [-0.3, -0.25) is 0 Å². The van der Waals surface area contributed by atoms with Gasteiger partial charge in [0.1, 0.15) is 5.75 Å². The molecule has 0 radical (unpaired) electrons. The maximum atomic E-state index is 9.16. The van der Waals surface area contributed by atoms with Gasteiger partial charge in [-0.15, -0.1) is 0 Å². The fourth-order valence-corrected chi connectivity index (χ4v) is 2.22. The van der Waals surface area contributed by atoms with Gasteiger partial charge in [-0.1, -0.05) is 25.5 Å².